The van der Waals surface area contributed by atoms with Gasteiger partial charge in [-0.3, -0.25) is 0 Å². The lowest BCUT2D eigenvalue weighted by Crippen LogP contribution is -2.10. The summed E-state index contributed by atoms with van der Waals surface area (Å²) in [4.78, 5) is 15.6. The Hall–Kier alpha value is -1.58. The molecule has 86 valence electrons. The Bertz CT molecular complexity index is 374. The first-order valence-corrected chi connectivity index (χ1v) is 5.56. The minimum atomic E-state index is -0.422. The van der Waals surface area contributed by atoms with E-state index in [1.807, 2.05) is 0 Å². The summed E-state index contributed by atoms with van der Waals surface area (Å²) >= 11 is 0. The summed E-state index contributed by atoms with van der Waals surface area (Å²) in [7, 11) is 0. The minimum absolute atomic E-state index is 0.269. The predicted octanol–water partition coefficient (Wildman–Crippen LogP) is 2.05. The van der Waals surface area contributed by atoms with Crippen LogP contribution in [0.1, 0.15) is 30.3 Å². The van der Waals surface area contributed by atoms with Crippen LogP contribution in [0.4, 0.5) is 0 Å². The van der Waals surface area contributed by atoms with Gasteiger partial charge in [0, 0.05) is 6.20 Å². The van der Waals surface area contributed by atoms with Crippen LogP contribution in [-0.2, 0) is 4.74 Å². The molecule has 0 radical (unpaired) electrons. The van der Waals surface area contributed by atoms with Gasteiger partial charge >= 0.3 is 5.97 Å². The van der Waals surface area contributed by atoms with Gasteiger partial charge in [-0.15, -0.1) is 0 Å². The number of nitrogens with zero attached hydrogens (tertiary/aromatic N) is 1. The third-order valence-electron chi connectivity index (χ3n) is 2.41. The molecule has 0 spiro atoms. The first-order chi connectivity index (χ1) is 7.81. The average molecular weight is 221 g/mol. The van der Waals surface area contributed by atoms with Crippen LogP contribution in [0.5, 0.6) is 5.75 Å². The number of rotatable bonds is 5. The van der Waals surface area contributed by atoms with E-state index in [0.717, 1.165) is 0 Å². The van der Waals surface area contributed by atoms with Crippen molar-refractivity contribution >= 4 is 5.97 Å². The number of carbonyl (C=O) groups excluding carboxylic acids is 1. The predicted molar refractivity (Wildman–Crippen MR) is 58.4 cm³/mol. The fourth-order valence-corrected chi connectivity index (χ4v) is 1.35. The molecule has 0 N–H and O–H groups in total. The monoisotopic (exact) mass is 221 g/mol. The minimum Gasteiger partial charge on any atom is -0.491 e. The number of hydrogen-bond acceptors (Lipinski definition) is 4. The molecule has 1 aromatic heterocycles. The molecule has 0 atom stereocenters. The normalized spacial score (nSPS) is 14.6. The molecule has 1 heterocycles. The highest BCUT2D eigenvalue weighted by Gasteiger charge is 2.23. The lowest BCUT2D eigenvalue weighted by molar-refractivity contribution is 0.0514. The van der Waals surface area contributed by atoms with Crippen LogP contribution < -0.4 is 4.74 Å². The van der Waals surface area contributed by atoms with E-state index in [1.54, 1.807) is 25.3 Å². The van der Waals surface area contributed by atoms with Gasteiger partial charge in [0.2, 0.25) is 0 Å². The van der Waals surface area contributed by atoms with E-state index in [4.69, 9.17) is 9.47 Å². The maximum atomic E-state index is 11.6. The molecule has 1 saturated carbocycles. The van der Waals surface area contributed by atoms with Gasteiger partial charge < -0.3 is 9.47 Å². The fraction of sp³-hybridized carbons (Fsp3) is 0.500. The Balaban J connectivity index is 2.05. The van der Waals surface area contributed by atoms with Crippen molar-refractivity contribution in [3.8, 4) is 5.75 Å². The summed E-state index contributed by atoms with van der Waals surface area (Å²) in [5, 5.41) is 0. The van der Waals surface area contributed by atoms with Gasteiger partial charge in [0.15, 0.2) is 11.4 Å². The quantitative estimate of drug-likeness (QED) is 0.714. The summed E-state index contributed by atoms with van der Waals surface area (Å²) in [6, 6.07) is 3.51. The highest BCUT2D eigenvalue weighted by Crippen LogP contribution is 2.30. The van der Waals surface area contributed by atoms with E-state index in [1.165, 1.54) is 12.8 Å². The maximum Gasteiger partial charge on any atom is 0.360 e. The molecular formula is C12H15NO3. The molecule has 0 saturated heterocycles. The van der Waals surface area contributed by atoms with Crippen LogP contribution in [0, 0.1) is 5.92 Å². The fourth-order valence-electron chi connectivity index (χ4n) is 1.35. The summed E-state index contributed by atoms with van der Waals surface area (Å²) in [5.41, 5.74) is 0.269. The summed E-state index contributed by atoms with van der Waals surface area (Å²) in [6.07, 6.45) is 4.00. The molecule has 0 unspecified atom stereocenters. The molecule has 0 aliphatic heterocycles. The number of hydrogen-bond donors (Lipinski definition) is 0. The van der Waals surface area contributed by atoms with Crippen LogP contribution in [0.15, 0.2) is 18.3 Å². The average Bonchev–Trinajstić information content (AvgIpc) is 3.11. The summed E-state index contributed by atoms with van der Waals surface area (Å²) in [5.74, 6) is 0.747. The Labute approximate surface area is 94.6 Å². The van der Waals surface area contributed by atoms with E-state index >= 15 is 0 Å². The second kappa shape index (κ2) is 4.96. The molecule has 1 aliphatic carbocycles. The van der Waals surface area contributed by atoms with E-state index in [9.17, 15) is 4.79 Å². The Kier molecular flexibility index (Phi) is 3.39. The highest BCUT2D eigenvalue weighted by atomic mass is 16.5. The van der Waals surface area contributed by atoms with Crippen LogP contribution in [-0.4, -0.2) is 24.2 Å². The van der Waals surface area contributed by atoms with Crippen LogP contribution >= 0.6 is 0 Å². The van der Waals surface area contributed by atoms with Gasteiger partial charge in [-0.05, 0) is 37.8 Å². The summed E-state index contributed by atoms with van der Waals surface area (Å²) < 4.78 is 10.5. The Morgan fingerprint density at radius 2 is 2.38 bits per heavy atom. The molecule has 4 heteroatoms. The Morgan fingerprint density at radius 3 is 3.06 bits per heavy atom. The molecule has 0 amide bonds. The molecular weight excluding hydrogens is 206 g/mol. The molecule has 1 fully saturated rings. The molecule has 16 heavy (non-hydrogen) atoms. The van der Waals surface area contributed by atoms with Crippen molar-refractivity contribution in [2.45, 2.75) is 19.8 Å². The smallest absolute Gasteiger partial charge is 0.360 e. The summed E-state index contributed by atoms with van der Waals surface area (Å²) in [6.45, 7) is 2.78. The van der Waals surface area contributed by atoms with Gasteiger partial charge in [0.05, 0.1) is 13.2 Å². The lowest BCUT2D eigenvalue weighted by atomic mass is 10.3. The van der Waals surface area contributed by atoms with E-state index in [0.29, 0.717) is 24.9 Å². The van der Waals surface area contributed by atoms with Crippen molar-refractivity contribution in [3.63, 3.8) is 0 Å². The van der Waals surface area contributed by atoms with E-state index < -0.39 is 5.97 Å². The van der Waals surface area contributed by atoms with Crippen LogP contribution in [0.3, 0.4) is 0 Å². The van der Waals surface area contributed by atoms with Gasteiger partial charge in [-0.1, -0.05) is 0 Å². The molecule has 2 rings (SSSR count). The highest BCUT2D eigenvalue weighted by molar-refractivity contribution is 5.90. The number of esters is 1. The van der Waals surface area contributed by atoms with Crippen LogP contribution in [0.2, 0.25) is 0 Å². The second-order valence-electron chi connectivity index (χ2n) is 3.82. The maximum absolute atomic E-state index is 11.6. The zero-order valence-electron chi connectivity index (χ0n) is 9.31. The number of ether oxygens (including phenoxy) is 2. The SMILES string of the molecule is CCOC(=O)c1ncccc1OCC1CC1. The molecule has 0 aromatic carbocycles. The van der Waals surface area contributed by atoms with Crippen molar-refractivity contribution in [2.75, 3.05) is 13.2 Å². The van der Waals surface area contributed by atoms with Crippen molar-refractivity contribution in [1.29, 1.82) is 0 Å². The van der Waals surface area contributed by atoms with E-state index in [2.05, 4.69) is 4.98 Å². The van der Waals surface area contributed by atoms with Gasteiger partial charge in [0.25, 0.3) is 0 Å². The van der Waals surface area contributed by atoms with Crippen molar-refractivity contribution in [1.82, 2.24) is 4.98 Å². The second-order valence-corrected chi connectivity index (χ2v) is 3.82. The standard InChI is InChI=1S/C12H15NO3/c1-2-15-12(14)11-10(4-3-7-13-11)16-8-9-5-6-9/h3-4,7,9H,2,5-6,8H2,1H3. The number of aromatic nitrogens is 1. The van der Waals surface area contributed by atoms with Crippen molar-refractivity contribution in [3.05, 3.63) is 24.0 Å². The molecule has 4 nitrogen and oxygen atoms in total. The zero-order valence-corrected chi connectivity index (χ0v) is 9.31. The Morgan fingerprint density at radius 1 is 1.56 bits per heavy atom. The van der Waals surface area contributed by atoms with Crippen molar-refractivity contribution in [2.24, 2.45) is 5.92 Å². The third-order valence-corrected chi connectivity index (χ3v) is 2.41. The third kappa shape index (κ3) is 2.72. The first kappa shape index (κ1) is 10.9. The van der Waals surface area contributed by atoms with E-state index in [-0.39, 0.29) is 5.69 Å². The number of carbonyl (C=O) groups is 1. The molecule has 0 bridgehead atoms. The first-order valence-electron chi connectivity index (χ1n) is 5.56. The molecule has 1 aliphatic rings. The lowest BCUT2D eigenvalue weighted by Gasteiger charge is -2.08. The number of pyridine rings is 1. The van der Waals surface area contributed by atoms with Crippen LogP contribution in [0.25, 0.3) is 0 Å². The van der Waals surface area contributed by atoms with Gasteiger partial charge in [-0.25, -0.2) is 9.78 Å². The zero-order chi connectivity index (χ0) is 11.4. The topological polar surface area (TPSA) is 48.4 Å². The largest absolute Gasteiger partial charge is 0.491 e. The van der Waals surface area contributed by atoms with Crippen molar-refractivity contribution < 1.29 is 14.3 Å². The van der Waals surface area contributed by atoms with Gasteiger partial charge in [-0.2, -0.15) is 0 Å². The van der Waals surface area contributed by atoms with Gasteiger partial charge in [0.1, 0.15) is 0 Å². The molecule has 1 aromatic rings.